The summed E-state index contributed by atoms with van der Waals surface area (Å²) in [5.41, 5.74) is 3.46. The Bertz CT molecular complexity index is 1130. The predicted octanol–water partition coefficient (Wildman–Crippen LogP) is 4.43. The summed E-state index contributed by atoms with van der Waals surface area (Å²) in [4.78, 5) is 7.99. The van der Waals surface area contributed by atoms with E-state index >= 15 is 0 Å². The zero-order valence-electron chi connectivity index (χ0n) is 14.1. The Morgan fingerprint density at radius 2 is 2.04 bits per heavy atom. The van der Waals surface area contributed by atoms with Gasteiger partial charge in [0.2, 0.25) is 11.7 Å². The van der Waals surface area contributed by atoms with Crippen LogP contribution in [0.5, 0.6) is 5.75 Å². The fourth-order valence-corrected chi connectivity index (χ4v) is 4.45. The van der Waals surface area contributed by atoms with Crippen LogP contribution in [-0.4, -0.2) is 21.7 Å². The van der Waals surface area contributed by atoms with E-state index in [0.717, 1.165) is 47.6 Å². The molecule has 2 aromatic carbocycles. The smallest absolute Gasteiger partial charge is 0.231 e. The van der Waals surface area contributed by atoms with Gasteiger partial charge in [-0.1, -0.05) is 35.5 Å². The Morgan fingerprint density at radius 3 is 3.04 bits per heavy atom. The molecule has 0 amide bonds. The highest BCUT2D eigenvalue weighted by Crippen LogP contribution is 2.65. The van der Waals surface area contributed by atoms with E-state index < -0.39 is 0 Å². The highest BCUT2D eigenvalue weighted by Gasteiger charge is 2.60. The molecule has 2 aliphatic rings. The Labute approximate surface area is 150 Å². The van der Waals surface area contributed by atoms with Crippen molar-refractivity contribution < 1.29 is 9.26 Å². The molecule has 26 heavy (non-hydrogen) atoms. The minimum atomic E-state index is 0.0960. The number of fused-ring (bicyclic) bond motifs is 3. The number of nitrogens with zero attached hydrogens (tertiary/aromatic N) is 2. The van der Waals surface area contributed by atoms with Gasteiger partial charge in [-0.05, 0) is 31.0 Å². The summed E-state index contributed by atoms with van der Waals surface area (Å²) in [6.45, 7) is 0.747. The van der Waals surface area contributed by atoms with Crippen LogP contribution >= 0.6 is 0 Å². The van der Waals surface area contributed by atoms with Gasteiger partial charge >= 0.3 is 0 Å². The third-order valence-corrected chi connectivity index (χ3v) is 5.88. The van der Waals surface area contributed by atoms with Gasteiger partial charge in [0.15, 0.2) is 0 Å². The highest BCUT2D eigenvalue weighted by atomic mass is 16.5. The normalized spacial score (nSPS) is 23.8. The molecule has 0 radical (unpaired) electrons. The molecule has 2 aromatic heterocycles. The number of hydrogen-bond acceptors (Lipinski definition) is 4. The second kappa shape index (κ2) is 4.97. The minimum Gasteiger partial charge on any atom is -0.493 e. The molecule has 1 saturated carbocycles. The summed E-state index contributed by atoms with van der Waals surface area (Å²) in [6, 6.07) is 16.5. The van der Waals surface area contributed by atoms with Gasteiger partial charge in [-0.2, -0.15) is 4.98 Å². The van der Waals surface area contributed by atoms with Gasteiger partial charge in [0.1, 0.15) is 5.75 Å². The molecule has 2 atom stereocenters. The van der Waals surface area contributed by atoms with E-state index in [1.165, 1.54) is 5.56 Å². The topological polar surface area (TPSA) is 63.9 Å². The van der Waals surface area contributed by atoms with Gasteiger partial charge in [0.25, 0.3) is 0 Å². The maximum Gasteiger partial charge on any atom is 0.231 e. The van der Waals surface area contributed by atoms with Crippen molar-refractivity contribution in [2.24, 2.45) is 0 Å². The fourth-order valence-electron chi connectivity index (χ4n) is 4.45. The first-order valence-corrected chi connectivity index (χ1v) is 8.98. The molecule has 5 nitrogen and oxygen atoms in total. The highest BCUT2D eigenvalue weighted by molar-refractivity contribution is 5.93. The molecule has 0 saturated heterocycles. The molecule has 2 unspecified atom stereocenters. The molecule has 1 aliphatic heterocycles. The molecule has 1 aliphatic carbocycles. The van der Waals surface area contributed by atoms with Crippen LogP contribution in [0.2, 0.25) is 0 Å². The molecule has 1 fully saturated rings. The molecule has 128 valence electrons. The zero-order chi connectivity index (χ0) is 17.1. The number of ether oxygens (including phenoxy) is 1. The number of nitrogens with one attached hydrogen (secondary N) is 1. The lowest BCUT2D eigenvalue weighted by atomic mass is 9.87. The number of rotatable bonds is 2. The van der Waals surface area contributed by atoms with Crippen LogP contribution in [0.4, 0.5) is 0 Å². The fraction of sp³-hybridized carbons (Fsp3) is 0.238. The summed E-state index contributed by atoms with van der Waals surface area (Å²) in [5, 5.41) is 5.39. The number of para-hydroxylation sites is 1. The lowest BCUT2D eigenvalue weighted by Crippen LogP contribution is -2.21. The van der Waals surface area contributed by atoms with E-state index in [0.29, 0.717) is 5.82 Å². The van der Waals surface area contributed by atoms with Gasteiger partial charge in [0.05, 0.1) is 6.61 Å². The Kier molecular flexibility index (Phi) is 2.70. The van der Waals surface area contributed by atoms with Gasteiger partial charge in [-0.25, -0.2) is 0 Å². The van der Waals surface area contributed by atoms with Gasteiger partial charge in [0, 0.05) is 39.6 Å². The molecule has 6 rings (SSSR count). The maximum atomic E-state index is 5.83. The van der Waals surface area contributed by atoms with Crippen LogP contribution < -0.4 is 4.74 Å². The lowest BCUT2D eigenvalue weighted by molar-refractivity contribution is 0.254. The molecule has 4 aromatic rings. The second-order valence-electron chi connectivity index (χ2n) is 7.21. The van der Waals surface area contributed by atoms with Crippen molar-refractivity contribution in [1.82, 2.24) is 15.1 Å². The van der Waals surface area contributed by atoms with Crippen molar-refractivity contribution >= 4 is 10.9 Å². The molecule has 1 spiro atoms. The summed E-state index contributed by atoms with van der Waals surface area (Å²) in [7, 11) is 0. The summed E-state index contributed by atoms with van der Waals surface area (Å²) in [5.74, 6) is 2.68. The molecular formula is C21H17N3O2. The van der Waals surface area contributed by atoms with Crippen LogP contribution in [0.15, 0.2) is 59.3 Å². The zero-order valence-corrected chi connectivity index (χ0v) is 14.1. The quantitative estimate of drug-likeness (QED) is 0.585. The van der Waals surface area contributed by atoms with Crippen LogP contribution in [-0.2, 0) is 5.41 Å². The Morgan fingerprint density at radius 1 is 1.08 bits per heavy atom. The van der Waals surface area contributed by atoms with E-state index in [2.05, 4.69) is 34.4 Å². The van der Waals surface area contributed by atoms with Crippen LogP contribution in [0, 0.1) is 0 Å². The third kappa shape index (κ3) is 1.85. The average Bonchev–Trinajstić information content (AvgIpc) is 3.07. The van der Waals surface area contributed by atoms with E-state index in [4.69, 9.17) is 14.2 Å². The molecule has 0 bridgehead atoms. The molecule has 1 N–H and O–H groups in total. The van der Waals surface area contributed by atoms with Crippen molar-refractivity contribution in [2.75, 3.05) is 6.61 Å². The van der Waals surface area contributed by atoms with E-state index in [9.17, 15) is 0 Å². The van der Waals surface area contributed by atoms with Crippen molar-refractivity contribution in [3.8, 4) is 17.1 Å². The van der Waals surface area contributed by atoms with E-state index in [1.807, 2.05) is 30.5 Å². The Hall–Kier alpha value is -3.08. The lowest BCUT2D eigenvalue weighted by Gasteiger charge is -2.26. The molecule has 3 heterocycles. The van der Waals surface area contributed by atoms with Gasteiger partial charge < -0.3 is 14.2 Å². The first-order valence-electron chi connectivity index (χ1n) is 8.98. The van der Waals surface area contributed by atoms with Gasteiger partial charge in [-0.3, -0.25) is 0 Å². The predicted molar refractivity (Wildman–Crippen MR) is 97.2 cm³/mol. The van der Waals surface area contributed by atoms with E-state index in [1.54, 1.807) is 0 Å². The van der Waals surface area contributed by atoms with Crippen molar-refractivity contribution in [1.29, 1.82) is 0 Å². The summed E-state index contributed by atoms with van der Waals surface area (Å²) >= 11 is 0. The SMILES string of the molecule is c1ccc2c(c1)OCCC21CC1c1nc(-c2cccc3[nH]ccc23)no1. The summed E-state index contributed by atoms with van der Waals surface area (Å²) in [6.07, 6.45) is 3.98. The van der Waals surface area contributed by atoms with Crippen molar-refractivity contribution in [3.05, 3.63) is 66.2 Å². The van der Waals surface area contributed by atoms with Crippen LogP contribution in [0.1, 0.15) is 30.2 Å². The monoisotopic (exact) mass is 343 g/mol. The van der Waals surface area contributed by atoms with Crippen molar-refractivity contribution in [2.45, 2.75) is 24.2 Å². The van der Waals surface area contributed by atoms with Crippen LogP contribution in [0.3, 0.4) is 0 Å². The van der Waals surface area contributed by atoms with E-state index in [-0.39, 0.29) is 11.3 Å². The average molecular weight is 343 g/mol. The maximum absolute atomic E-state index is 5.83. The Balaban J connectivity index is 1.39. The third-order valence-electron chi connectivity index (χ3n) is 5.88. The second-order valence-corrected chi connectivity index (χ2v) is 7.21. The number of benzene rings is 2. The first kappa shape index (κ1) is 14.1. The standard InChI is InChI=1S/C21H17N3O2/c1-2-7-18-15(5-1)21(9-11-25-18)12-16(21)20-23-19(24-26-20)14-4-3-6-17-13(14)8-10-22-17/h1-8,10,16,22H,9,11-12H2. The minimum absolute atomic E-state index is 0.0960. The van der Waals surface area contributed by atoms with Crippen LogP contribution in [0.25, 0.3) is 22.3 Å². The summed E-state index contributed by atoms with van der Waals surface area (Å²) < 4.78 is 11.5. The van der Waals surface area contributed by atoms with Gasteiger partial charge in [-0.15, -0.1) is 0 Å². The van der Waals surface area contributed by atoms with Crippen molar-refractivity contribution in [3.63, 3.8) is 0 Å². The number of aromatic amines is 1. The number of hydrogen-bond donors (Lipinski definition) is 1. The molecule has 5 heteroatoms. The first-order chi connectivity index (χ1) is 12.9. The largest absolute Gasteiger partial charge is 0.493 e. The number of H-pyrrole nitrogens is 1. The number of aromatic nitrogens is 3. The molecular weight excluding hydrogens is 326 g/mol.